The second kappa shape index (κ2) is 18.1. The van der Waals surface area contributed by atoms with Crippen LogP contribution < -0.4 is 15.0 Å². The van der Waals surface area contributed by atoms with Crippen LogP contribution >= 0.6 is 0 Å². The minimum absolute atomic E-state index is 0. The van der Waals surface area contributed by atoms with Crippen molar-refractivity contribution in [3.05, 3.63) is 174 Å². The van der Waals surface area contributed by atoms with E-state index in [0.29, 0.717) is 11.5 Å². The van der Waals surface area contributed by atoms with Crippen molar-refractivity contribution in [2.24, 2.45) is 0 Å². The zero-order valence-corrected chi connectivity index (χ0v) is 44.5. The van der Waals surface area contributed by atoms with Gasteiger partial charge in [0.25, 0.3) is 0 Å². The number of hydrogen-bond donors (Lipinski definition) is 1. The molecule has 6 heteroatoms. The van der Waals surface area contributed by atoms with Crippen LogP contribution in [0.2, 0.25) is 0 Å². The van der Waals surface area contributed by atoms with Gasteiger partial charge >= 0.3 is 0 Å². The number of nitrogens with zero attached hydrogens (tertiary/aromatic N) is 3. The van der Waals surface area contributed by atoms with Gasteiger partial charge in [0.15, 0.2) is 0 Å². The second-order valence-corrected chi connectivity index (χ2v) is 22.4. The molecule has 6 aromatic carbocycles. The second-order valence-electron chi connectivity index (χ2n) is 22.4. The Balaban J connectivity index is 0.00000666. The van der Waals surface area contributed by atoms with Crippen LogP contribution in [0.25, 0.3) is 38.8 Å². The van der Waals surface area contributed by atoms with Crippen LogP contribution in [0, 0.1) is 40.0 Å². The summed E-state index contributed by atoms with van der Waals surface area (Å²) >= 11 is 0. The Morgan fingerprint density at radius 3 is 1.82 bits per heavy atom. The van der Waals surface area contributed by atoms with Crippen LogP contribution in [-0.2, 0) is 42.7 Å². The van der Waals surface area contributed by atoms with Crippen molar-refractivity contribution in [1.82, 2.24) is 9.55 Å². The topological polar surface area (TPSA) is 42.3 Å². The first-order valence-corrected chi connectivity index (χ1v) is 23.3. The number of rotatable bonds is 8. The van der Waals surface area contributed by atoms with Gasteiger partial charge in [-0.15, -0.1) is 47.0 Å². The van der Waals surface area contributed by atoms with Crippen LogP contribution in [-0.4, -0.2) is 9.55 Å². The zero-order valence-electron chi connectivity index (χ0n) is 42.2. The van der Waals surface area contributed by atoms with Gasteiger partial charge in [-0.25, -0.2) is 4.98 Å². The molecule has 0 fully saturated rings. The number of anilines is 4. The summed E-state index contributed by atoms with van der Waals surface area (Å²) < 4.78 is 9.10. The Labute approximate surface area is 415 Å². The summed E-state index contributed by atoms with van der Waals surface area (Å²) in [5.74, 6) is 2.01. The number of nitrogens with one attached hydrogen (secondary N) is 1. The Morgan fingerprint density at radius 2 is 1.19 bits per heavy atom. The standard InChI is InChI=1S/C61H67N4O.Pt/c1-38-27-39(2)57(40(3)28-38)41-21-23-50-51-24-22-48(37-55(51)65(54(50)29-41)56-35-42(25-26-62-56)58(4,5)6)66-49-34-45(61(13,14)15)33-47(36-49)64(16)53-20-18-17-19-52(53)63-46-31-43(59(7,8)9)30-44(32-46)60(10,11)12;/h17-35,63H,16H2,1-15H3;/q-3;. The molecule has 350 valence electrons. The average Bonchev–Trinajstić information content (AvgIpc) is 3.54. The molecule has 8 rings (SSSR count). The molecule has 0 aliphatic carbocycles. The van der Waals surface area contributed by atoms with E-state index in [9.17, 15) is 0 Å². The molecule has 0 unspecified atom stereocenters. The third kappa shape index (κ3) is 10.3. The number of benzene rings is 6. The van der Waals surface area contributed by atoms with E-state index >= 15 is 0 Å². The van der Waals surface area contributed by atoms with E-state index < -0.39 is 0 Å². The number of para-hydroxylation sites is 2. The summed E-state index contributed by atoms with van der Waals surface area (Å²) in [5.41, 5.74) is 16.5. The molecule has 0 saturated carbocycles. The Hall–Kier alpha value is -5.64. The largest absolute Gasteiger partial charge is 0.516 e. The van der Waals surface area contributed by atoms with Gasteiger partial charge in [0.1, 0.15) is 5.82 Å². The third-order valence-electron chi connectivity index (χ3n) is 12.8. The molecule has 8 aromatic rings. The number of aromatic nitrogens is 2. The molecule has 0 saturated heterocycles. The summed E-state index contributed by atoms with van der Waals surface area (Å²) in [6.45, 7) is 33.6. The van der Waals surface area contributed by atoms with E-state index in [1.54, 1.807) is 0 Å². The monoisotopic (exact) mass is 1070 g/mol. The van der Waals surface area contributed by atoms with Crippen LogP contribution in [0.4, 0.5) is 22.7 Å². The Kier molecular flexibility index (Phi) is 13.3. The molecule has 0 radical (unpaired) electrons. The van der Waals surface area contributed by atoms with E-state index in [-0.39, 0.29) is 42.7 Å². The predicted molar refractivity (Wildman–Crippen MR) is 281 cm³/mol. The molecule has 0 amide bonds. The maximum absolute atomic E-state index is 6.85. The molecule has 0 spiro atoms. The van der Waals surface area contributed by atoms with Crippen LogP contribution in [0.15, 0.2) is 115 Å². The molecule has 0 atom stereocenters. The summed E-state index contributed by atoms with van der Waals surface area (Å²) in [5, 5.41) is 5.99. The maximum Gasteiger partial charge on any atom is 0.135 e. The summed E-state index contributed by atoms with van der Waals surface area (Å²) in [7, 11) is 4.63. The molecule has 2 aromatic heterocycles. The van der Waals surface area contributed by atoms with E-state index in [4.69, 9.17) is 9.72 Å². The van der Waals surface area contributed by atoms with Crippen molar-refractivity contribution in [2.75, 3.05) is 10.2 Å². The molecule has 0 aliphatic rings. The normalized spacial score (nSPS) is 12.4. The molecule has 67 heavy (non-hydrogen) atoms. The van der Waals surface area contributed by atoms with Gasteiger partial charge in [0.05, 0.1) is 5.69 Å². The SMILES string of the molecule is [CH2-]N(c1[c-]c(Oc2[c-]c3c(cc2)c2ccc(-c4c(C)cc(C)cc4C)cc2n3-c2cc(C(C)(C)C)ccn2)cc(C(C)(C)C)c1)c1ccccc1Nc1cc(C(C)(C)C)cc(C(C)(C)C)c1.[Pt]. The van der Waals surface area contributed by atoms with Gasteiger partial charge in [-0.2, -0.15) is 6.07 Å². The van der Waals surface area contributed by atoms with Crippen molar-refractivity contribution in [3.63, 3.8) is 0 Å². The van der Waals surface area contributed by atoms with Gasteiger partial charge in [0.2, 0.25) is 0 Å². The van der Waals surface area contributed by atoms with Crippen LogP contribution in [0.3, 0.4) is 0 Å². The van der Waals surface area contributed by atoms with E-state index in [1.807, 2.05) is 17.2 Å². The van der Waals surface area contributed by atoms with Crippen molar-refractivity contribution >= 4 is 44.6 Å². The molecule has 0 bridgehead atoms. The van der Waals surface area contributed by atoms with Crippen molar-refractivity contribution < 1.29 is 25.8 Å². The fraction of sp³-hybridized carbons (Fsp3) is 0.311. The first kappa shape index (κ1) is 49.3. The summed E-state index contributed by atoms with van der Waals surface area (Å²) in [6, 6.07) is 46.7. The average molecular weight is 1070 g/mol. The van der Waals surface area contributed by atoms with Gasteiger partial charge in [-0.3, -0.25) is 7.05 Å². The predicted octanol–water partition coefficient (Wildman–Crippen LogP) is 17.0. The fourth-order valence-corrected chi connectivity index (χ4v) is 8.96. The quantitative estimate of drug-likeness (QED) is 0.154. The zero-order chi connectivity index (χ0) is 47.7. The van der Waals surface area contributed by atoms with Crippen LogP contribution in [0.5, 0.6) is 11.5 Å². The Morgan fingerprint density at radius 1 is 0.597 bits per heavy atom. The fourth-order valence-electron chi connectivity index (χ4n) is 8.96. The van der Waals surface area contributed by atoms with Gasteiger partial charge < -0.3 is 19.5 Å². The summed E-state index contributed by atoms with van der Waals surface area (Å²) in [6.07, 6.45) is 1.92. The number of aryl methyl sites for hydroxylation is 3. The van der Waals surface area contributed by atoms with Crippen LogP contribution in [0.1, 0.15) is 122 Å². The minimum Gasteiger partial charge on any atom is -0.516 e. The number of pyridine rings is 1. The molecule has 1 N–H and O–H groups in total. The number of hydrogen-bond acceptors (Lipinski definition) is 4. The van der Waals surface area contributed by atoms with E-state index in [2.05, 4.69) is 236 Å². The molecule has 5 nitrogen and oxygen atoms in total. The summed E-state index contributed by atoms with van der Waals surface area (Å²) in [4.78, 5) is 6.95. The smallest absolute Gasteiger partial charge is 0.135 e. The third-order valence-corrected chi connectivity index (χ3v) is 12.8. The Bertz CT molecular complexity index is 3070. The first-order valence-electron chi connectivity index (χ1n) is 23.3. The van der Waals surface area contributed by atoms with E-state index in [0.717, 1.165) is 55.9 Å². The molecule has 2 heterocycles. The molecular formula is C61H67N4OPt-3. The molecule has 0 aliphatic heterocycles. The van der Waals surface area contributed by atoms with Gasteiger partial charge in [-0.05, 0) is 129 Å². The van der Waals surface area contributed by atoms with Gasteiger partial charge in [0, 0.05) is 55.7 Å². The first-order chi connectivity index (χ1) is 30.8. The number of ether oxygens (including phenoxy) is 1. The van der Waals surface area contributed by atoms with Crippen molar-refractivity contribution in [3.8, 4) is 28.4 Å². The minimum atomic E-state index is -0.187. The maximum atomic E-state index is 6.85. The molecular weight excluding hydrogens is 1000 g/mol. The van der Waals surface area contributed by atoms with Crippen molar-refractivity contribution in [2.45, 2.75) is 126 Å². The number of fused-ring (bicyclic) bond motifs is 3. The van der Waals surface area contributed by atoms with Crippen molar-refractivity contribution in [1.29, 1.82) is 0 Å². The van der Waals surface area contributed by atoms with E-state index in [1.165, 1.54) is 44.5 Å². The van der Waals surface area contributed by atoms with Gasteiger partial charge in [-0.1, -0.05) is 137 Å².